The van der Waals surface area contributed by atoms with Crippen LogP contribution in [0.5, 0.6) is 5.75 Å². The van der Waals surface area contributed by atoms with E-state index in [9.17, 15) is 9.90 Å². The number of methoxy groups -OCH3 is 1. The minimum Gasteiger partial charge on any atom is -0.493 e. The van der Waals surface area contributed by atoms with Gasteiger partial charge in [0.05, 0.1) is 26.2 Å². The molecule has 4 nitrogen and oxygen atoms in total. The molecule has 0 saturated heterocycles. The van der Waals surface area contributed by atoms with Crippen molar-refractivity contribution in [2.45, 2.75) is 18.9 Å². The zero-order valence-electron chi connectivity index (χ0n) is 9.10. The smallest absolute Gasteiger partial charge is 0.308 e. The highest BCUT2D eigenvalue weighted by molar-refractivity contribution is 5.70. The summed E-state index contributed by atoms with van der Waals surface area (Å²) in [4.78, 5) is 11.0. The predicted molar refractivity (Wildman–Crippen MR) is 57.2 cm³/mol. The first-order chi connectivity index (χ1) is 7.70. The van der Waals surface area contributed by atoms with Gasteiger partial charge in [-0.05, 0) is 23.3 Å². The Morgan fingerprint density at radius 1 is 1.62 bits per heavy atom. The van der Waals surface area contributed by atoms with Crippen molar-refractivity contribution in [3.05, 3.63) is 29.3 Å². The lowest BCUT2D eigenvalue weighted by Crippen LogP contribution is -2.08. The number of hydrogen-bond donors (Lipinski definition) is 1. The molecule has 16 heavy (non-hydrogen) atoms. The Labute approximate surface area is 93.8 Å². The van der Waals surface area contributed by atoms with Gasteiger partial charge in [0.2, 0.25) is 0 Å². The van der Waals surface area contributed by atoms with Gasteiger partial charge in [-0.25, -0.2) is 0 Å². The third kappa shape index (κ3) is 2.17. The number of benzene rings is 1. The highest BCUT2D eigenvalue weighted by atomic mass is 16.5. The Morgan fingerprint density at radius 3 is 3.19 bits per heavy atom. The molecule has 1 N–H and O–H groups in total. The summed E-state index contributed by atoms with van der Waals surface area (Å²) in [7, 11) is 1.31. The molecular formula is C12H14O4. The third-order valence-electron chi connectivity index (χ3n) is 2.69. The van der Waals surface area contributed by atoms with Crippen LogP contribution in [0.3, 0.4) is 0 Å². The third-order valence-corrected chi connectivity index (χ3v) is 2.69. The minimum atomic E-state index is -0.807. The van der Waals surface area contributed by atoms with E-state index in [1.165, 1.54) is 7.11 Å². The van der Waals surface area contributed by atoms with Gasteiger partial charge in [0.15, 0.2) is 0 Å². The van der Waals surface area contributed by atoms with Gasteiger partial charge in [-0.2, -0.15) is 0 Å². The van der Waals surface area contributed by atoms with Crippen LogP contribution in [0.15, 0.2) is 18.2 Å². The molecule has 86 valence electrons. The molecule has 0 spiro atoms. The van der Waals surface area contributed by atoms with Crippen molar-refractivity contribution in [3.8, 4) is 5.75 Å². The van der Waals surface area contributed by atoms with Crippen LogP contribution in [0, 0.1) is 0 Å². The predicted octanol–water partition coefficient (Wildman–Crippen LogP) is 1.22. The first-order valence-electron chi connectivity index (χ1n) is 5.21. The average molecular weight is 222 g/mol. The normalized spacial score (nSPS) is 15.1. The van der Waals surface area contributed by atoms with Crippen LogP contribution in [-0.4, -0.2) is 24.8 Å². The molecule has 0 fully saturated rings. The fourth-order valence-electron chi connectivity index (χ4n) is 1.77. The quantitative estimate of drug-likeness (QED) is 0.781. The van der Waals surface area contributed by atoms with Crippen molar-refractivity contribution in [1.82, 2.24) is 0 Å². The standard InChI is InChI=1S/C12H14O4/c1-15-12(14)7-10(13)8-2-3-11-9(6-8)4-5-16-11/h2-3,6,10,13H,4-5,7H2,1H3/t10-/m0/s1. The van der Waals surface area contributed by atoms with Crippen LogP contribution in [0.2, 0.25) is 0 Å². The van der Waals surface area contributed by atoms with Gasteiger partial charge in [0.25, 0.3) is 0 Å². The number of carbonyl (C=O) groups is 1. The summed E-state index contributed by atoms with van der Waals surface area (Å²) in [5, 5.41) is 9.81. The van der Waals surface area contributed by atoms with E-state index < -0.39 is 12.1 Å². The number of hydrogen-bond acceptors (Lipinski definition) is 4. The Balaban J connectivity index is 2.12. The molecule has 0 saturated carbocycles. The number of rotatable bonds is 3. The molecule has 4 heteroatoms. The van der Waals surface area contributed by atoms with Gasteiger partial charge >= 0.3 is 5.97 Å². The molecule has 0 radical (unpaired) electrons. The molecule has 1 aliphatic heterocycles. The lowest BCUT2D eigenvalue weighted by Gasteiger charge is -2.10. The Kier molecular flexibility index (Phi) is 3.10. The van der Waals surface area contributed by atoms with Crippen LogP contribution >= 0.6 is 0 Å². The zero-order chi connectivity index (χ0) is 11.5. The second-order valence-electron chi connectivity index (χ2n) is 3.76. The summed E-state index contributed by atoms with van der Waals surface area (Å²) in [5.41, 5.74) is 1.82. The maximum atomic E-state index is 11.0. The highest BCUT2D eigenvalue weighted by Gasteiger charge is 2.17. The SMILES string of the molecule is COC(=O)C[C@H](O)c1ccc2c(c1)CCO2. The molecule has 2 rings (SSSR count). The number of fused-ring (bicyclic) bond motifs is 1. The topological polar surface area (TPSA) is 55.8 Å². The van der Waals surface area contributed by atoms with E-state index in [1.54, 1.807) is 6.07 Å². The van der Waals surface area contributed by atoms with Crippen LogP contribution in [-0.2, 0) is 16.0 Å². The highest BCUT2D eigenvalue weighted by Crippen LogP contribution is 2.29. The van der Waals surface area contributed by atoms with E-state index >= 15 is 0 Å². The first-order valence-corrected chi connectivity index (χ1v) is 5.21. The number of carbonyl (C=O) groups excluding carboxylic acids is 1. The van der Waals surface area contributed by atoms with E-state index in [-0.39, 0.29) is 6.42 Å². The van der Waals surface area contributed by atoms with Gasteiger partial charge in [-0.1, -0.05) is 6.07 Å². The fourth-order valence-corrected chi connectivity index (χ4v) is 1.77. The van der Waals surface area contributed by atoms with Crippen LogP contribution in [0.1, 0.15) is 23.7 Å². The second-order valence-corrected chi connectivity index (χ2v) is 3.76. The van der Waals surface area contributed by atoms with Crippen molar-refractivity contribution in [2.24, 2.45) is 0 Å². The van der Waals surface area contributed by atoms with E-state index in [0.717, 1.165) is 23.3 Å². The average Bonchev–Trinajstić information content (AvgIpc) is 2.75. The van der Waals surface area contributed by atoms with Crippen LogP contribution in [0.25, 0.3) is 0 Å². The molecule has 1 aliphatic rings. The molecule has 1 atom stereocenters. The molecule has 0 amide bonds. The van der Waals surface area contributed by atoms with E-state index in [1.807, 2.05) is 12.1 Å². The van der Waals surface area contributed by atoms with Crippen LogP contribution in [0.4, 0.5) is 0 Å². The van der Waals surface area contributed by atoms with Crippen molar-refractivity contribution in [3.63, 3.8) is 0 Å². The molecular weight excluding hydrogens is 208 g/mol. The minimum absolute atomic E-state index is 0.0177. The fraction of sp³-hybridized carbons (Fsp3) is 0.417. The number of ether oxygens (including phenoxy) is 2. The van der Waals surface area contributed by atoms with Gasteiger partial charge in [-0.3, -0.25) is 4.79 Å². The summed E-state index contributed by atoms with van der Waals surface area (Å²) in [5.74, 6) is 0.457. The van der Waals surface area contributed by atoms with E-state index in [4.69, 9.17) is 4.74 Å². The summed E-state index contributed by atoms with van der Waals surface area (Å²) in [6, 6.07) is 5.49. The first kappa shape index (κ1) is 11.0. The Morgan fingerprint density at radius 2 is 2.44 bits per heavy atom. The molecule has 0 bridgehead atoms. The van der Waals surface area contributed by atoms with Crippen molar-refractivity contribution in [1.29, 1.82) is 0 Å². The van der Waals surface area contributed by atoms with E-state index in [2.05, 4.69) is 4.74 Å². The van der Waals surface area contributed by atoms with Crippen LogP contribution < -0.4 is 4.74 Å². The lowest BCUT2D eigenvalue weighted by molar-refractivity contribution is -0.142. The van der Waals surface area contributed by atoms with Gasteiger partial charge < -0.3 is 14.6 Å². The molecule has 1 aromatic rings. The number of esters is 1. The van der Waals surface area contributed by atoms with Gasteiger partial charge in [0, 0.05) is 6.42 Å². The zero-order valence-corrected chi connectivity index (χ0v) is 9.10. The van der Waals surface area contributed by atoms with Gasteiger partial charge in [-0.15, -0.1) is 0 Å². The maximum absolute atomic E-state index is 11.0. The lowest BCUT2D eigenvalue weighted by atomic mass is 10.0. The maximum Gasteiger partial charge on any atom is 0.308 e. The number of aliphatic hydroxyl groups excluding tert-OH is 1. The summed E-state index contributed by atoms with van der Waals surface area (Å²) >= 11 is 0. The van der Waals surface area contributed by atoms with Crippen molar-refractivity contribution in [2.75, 3.05) is 13.7 Å². The van der Waals surface area contributed by atoms with E-state index in [0.29, 0.717) is 6.61 Å². The Hall–Kier alpha value is -1.55. The molecule has 1 heterocycles. The number of aliphatic hydroxyl groups is 1. The molecule has 0 aromatic heterocycles. The largest absolute Gasteiger partial charge is 0.493 e. The monoisotopic (exact) mass is 222 g/mol. The van der Waals surface area contributed by atoms with Gasteiger partial charge in [0.1, 0.15) is 5.75 Å². The Bertz CT molecular complexity index is 400. The van der Waals surface area contributed by atoms with Crippen molar-refractivity contribution >= 4 is 5.97 Å². The summed E-state index contributed by atoms with van der Waals surface area (Å²) in [6.07, 6.45) is 0.0305. The second kappa shape index (κ2) is 4.53. The van der Waals surface area contributed by atoms with Crippen molar-refractivity contribution < 1.29 is 19.4 Å². The molecule has 0 aliphatic carbocycles. The summed E-state index contributed by atoms with van der Waals surface area (Å²) in [6.45, 7) is 0.686. The molecule has 1 aromatic carbocycles. The molecule has 0 unspecified atom stereocenters. The summed E-state index contributed by atoms with van der Waals surface area (Å²) < 4.78 is 9.87.